The van der Waals surface area contributed by atoms with Crippen LogP contribution in [0, 0.1) is 0 Å². The molecule has 156 valence electrons. The van der Waals surface area contributed by atoms with Crippen molar-refractivity contribution in [2.24, 2.45) is 0 Å². The van der Waals surface area contributed by atoms with Crippen LogP contribution in [0.5, 0.6) is 5.75 Å². The van der Waals surface area contributed by atoms with Crippen LogP contribution in [0.15, 0.2) is 22.5 Å². The van der Waals surface area contributed by atoms with E-state index in [2.05, 4.69) is 20.8 Å². The van der Waals surface area contributed by atoms with E-state index < -0.39 is 5.91 Å². The minimum absolute atomic E-state index is 0.0977. The minimum atomic E-state index is -0.405. The normalized spacial score (nSPS) is 15.9. The maximum absolute atomic E-state index is 12.0. The number of hydrogen-bond acceptors (Lipinski definition) is 8. The van der Waals surface area contributed by atoms with Gasteiger partial charge in [-0.25, -0.2) is 0 Å². The number of anilines is 1. The van der Waals surface area contributed by atoms with Gasteiger partial charge in [0.25, 0.3) is 5.91 Å². The molecule has 0 bridgehead atoms. The van der Waals surface area contributed by atoms with E-state index in [0.717, 1.165) is 19.4 Å². The third kappa shape index (κ3) is 7.31. The third-order valence-corrected chi connectivity index (χ3v) is 6.29. The summed E-state index contributed by atoms with van der Waals surface area (Å²) in [5, 5.41) is 14.4. The summed E-state index contributed by atoms with van der Waals surface area (Å²) >= 11 is 14.2. The van der Waals surface area contributed by atoms with Crippen LogP contribution in [0.2, 0.25) is 10.0 Å². The van der Waals surface area contributed by atoms with Crippen molar-refractivity contribution in [2.45, 2.75) is 23.3 Å². The van der Waals surface area contributed by atoms with E-state index in [0.29, 0.717) is 31.8 Å². The Morgan fingerprint density at radius 2 is 2.17 bits per heavy atom. The Balaban J connectivity index is 1.37. The number of carbonyl (C=O) groups excluding carboxylic acids is 2. The number of amides is 2. The molecule has 1 aromatic carbocycles. The van der Waals surface area contributed by atoms with Crippen molar-refractivity contribution in [1.82, 2.24) is 15.5 Å². The van der Waals surface area contributed by atoms with Crippen molar-refractivity contribution in [3.8, 4) is 5.75 Å². The largest absolute Gasteiger partial charge is 0.482 e. The highest BCUT2D eigenvalue weighted by Crippen LogP contribution is 2.28. The maximum Gasteiger partial charge on any atom is 0.264 e. The molecule has 1 atom stereocenters. The molecule has 1 aliphatic heterocycles. The van der Waals surface area contributed by atoms with Gasteiger partial charge in [-0.3, -0.25) is 14.9 Å². The van der Waals surface area contributed by atoms with Crippen LogP contribution in [0.3, 0.4) is 0 Å². The van der Waals surface area contributed by atoms with E-state index >= 15 is 0 Å². The van der Waals surface area contributed by atoms with Crippen LogP contribution in [0.1, 0.15) is 12.8 Å². The number of nitrogens with one attached hydrogen (secondary N) is 2. The van der Waals surface area contributed by atoms with Gasteiger partial charge in [-0.15, -0.1) is 10.2 Å². The number of thioether (sulfide) groups is 1. The van der Waals surface area contributed by atoms with Crippen LogP contribution in [0.25, 0.3) is 0 Å². The molecule has 0 saturated carbocycles. The van der Waals surface area contributed by atoms with Gasteiger partial charge in [0.05, 0.1) is 16.9 Å². The van der Waals surface area contributed by atoms with Gasteiger partial charge in [-0.1, -0.05) is 46.3 Å². The predicted octanol–water partition coefficient (Wildman–Crippen LogP) is 3.25. The Hall–Kier alpha value is -1.59. The summed E-state index contributed by atoms with van der Waals surface area (Å²) in [6.45, 7) is 1.04. The lowest BCUT2D eigenvalue weighted by Gasteiger charge is -2.09. The third-order valence-electron chi connectivity index (χ3n) is 3.78. The Bertz CT molecular complexity index is 862. The molecular formula is C17H18Cl2N4O4S2. The smallest absolute Gasteiger partial charge is 0.264 e. The van der Waals surface area contributed by atoms with E-state index in [9.17, 15) is 9.59 Å². The molecule has 0 aliphatic carbocycles. The predicted molar refractivity (Wildman–Crippen MR) is 113 cm³/mol. The highest BCUT2D eigenvalue weighted by molar-refractivity contribution is 8.01. The van der Waals surface area contributed by atoms with E-state index in [4.69, 9.17) is 32.7 Å². The standard InChI is InChI=1S/C17H18Cl2N4O4S2/c18-10-3-4-13(12(19)6-10)27-8-14(24)21-16-22-23-17(29-16)28-9-15(25)20-7-11-2-1-5-26-11/h3-4,6,11H,1-2,5,7-9H2,(H,20,25)(H,21,22,24). The monoisotopic (exact) mass is 476 g/mol. The fraction of sp³-hybridized carbons (Fsp3) is 0.412. The molecule has 1 aliphatic rings. The molecule has 29 heavy (non-hydrogen) atoms. The fourth-order valence-electron chi connectivity index (χ4n) is 2.42. The average molecular weight is 477 g/mol. The summed E-state index contributed by atoms with van der Waals surface area (Å²) < 4.78 is 11.4. The molecule has 1 aromatic heterocycles. The van der Waals surface area contributed by atoms with Gasteiger partial charge in [-0.2, -0.15) is 0 Å². The van der Waals surface area contributed by atoms with Crippen LogP contribution < -0.4 is 15.4 Å². The summed E-state index contributed by atoms with van der Waals surface area (Å²) in [7, 11) is 0. The molecule has 2 N–H and O–H groups in total. The highest BCUT2D eigenvalue weighted by atomic mass is 35.5. The SMILES string of the molecule is O=C(CSc1nnc(NC(=O)COc2ccc(Cl)cc2Cl)s1)NCC1CCCO1. The van der Waals surface area contributed by atoms with Crippen molar-refractivity contribution in [3.63, 3.8) is 0 Å². The molecule has 0 spiro atoms. The first kappa shape index (κ1) is 22.1. The molecule has 2 amide bonds. The first-order chi connectivity index (χ1) is 14.0. The molecule has 8 nitrogen and oxygen atoms in total. The van der Waals surface area contributed by atoms with Crippen molar-refractivity contribution in [3.05, 3.63) is 28.2 Å². The van der Waals surface area contributed by atoms with Gasteiger partial charge < -0.3 is 14.8 Å². The van der Waals surface area contributed by atoms with E-state index in [1.54, 1.807) is 12.1 Å². The van der Waals surface area contributed by atoms with Crippen LogP contribution in [0.4, 0.5) is 5.13 Å². The zero-order chi connectivity index (χ0) is 20.6. The number of aromatic nitrogens is 2. The fourth-order valence-corrected chi connectivity index (χ4v) is 4.48. The zero-order valence-electron chi connectivity index (χ0n) is 15.2. The van der Waals surface area contributed by atoms with Crippen molar-refractivity contribution < 1.29 is 19.1 Å². The highest BCUT2D eigenvalue weighted by Gasteiger charge is 2.17. The van der Waals surface area contributed by atoms with Gasteiger partial charge in [-0.05, 0) is 31.0 Å². The summed E-state index contributed by atoms with van der Waals surface area (Å²) in [5.41, 5.74) is 0. The van der Waals surface area contributed by atoms with Gasteiger partial charge >= 0.3 is 0 Å². The summed E-state index contributed by atoms with van der Waals surface area (Å²) in [6.07, 6.45) is 2.12. The lowest BCUT2D eigenvalue weighted by atomic mass is 10.2. The number of benzene rings is 1. The Morgan fingerprint density at radius 1 is 1.31 bits per heavy atom. The number of halogens is 2. The molecule has 2 aromatic rings. The average Bonchev–Trinajstić information content (AvgIpc) is 3.36. The molecule has 12 heteroatoms. The molecular weight excluding hydrogens is 459 g/mol. The van der Waals surface area contributed by atoms with Gasteiger partial charge in [0.1, 0.15) is 5.75 Å². The van der Waals surface area contributed by atoms with Gasteiger partial charge in [0, 0.05) is 18.2 Å². The molecule has 1 saturated heterocycles. The lowest BCUT2D eigenvalue weighted by Crippen LogP contribution is -2.32. The van der Waals surface area contributed by atoms with Gasteiger partial charge in [0.2, 0.25) is 11.0 Å². The topological polar surface area (TPSA) is 102 Å². The second-order valence-electron chi connectivity index (χ2n) is 6.01. The van der Waals surface area contributed by atoms with E-state index in [1.807, 2.05) is 0 Å². The maximum atomic E-state index is 12.0. The first-order valence-electron chi connectivity index (χ1n) is 8.72. The van der Waals surface area contributed by atoms with Crippen LogP contribution in [-0.2, 0) is 14.3 Å². The first-order valence-corrected chi connectivity index (χ1v) is 11.3. The Morgan fingerprint density at radius 3 is 2.93 bits per heavy atom. The number of rotatable bonds is 9. The number of carbonyl (C=O) groups is 2. The Labute approximate surface area is 185 Å². The Kier molecular flexibility index (Phi) is 8.37. The number of hydrogen-bond donors (Lipinski definition) is 2. The number of ether oxygens (including phenoxy) is 2. The van der Waals surface area contributed by atoms with E-state index in [-0.39, 0.29) is 24.4 Å². The van der Waals surface area contributed by atoms with Crippen LogP contribution >= 0.6 is 46.3 Å². The quantitative estimate of drug-likeness (QED) is 0.422. The molecule has 3 rings (SSSR count). The van der Waals surface area contributed by atoms with Crippen molar-refractivity contribution >= 4 is 63.2 Å². The van der Waals surface area contributed by atoms with Gasteiger partial charge in [0.15, 0.2) is 10.9 Å². The minimum Gasteiger partial charge on any atom is -0.482 e. The molecule has 2 heterocycles. The molecule has 0 radical (unpaired) electrons. The lowest BCUT2D eigenvalue weighted by molar-refractivity contribution is -0.119. The van der Waals surface area contributed by atoms with Crippen molar-refractivity contribution in [1.29, 1.82) is 0 Å². The van der Waals surface area contributed by atoms with Crippen molar-refractivity contribution in [2.75, 3.05) is 30.8 Å². The summed E-state index contributed by atoms with van der Waals surface area (Å²) in [4.78, 5) is 23.9. The number of nitrogens with zero attached hydrogens (tertiary/aromatic N) is 2. The molecule has 1 unspecified atom stereocenters. The molecule has 1 fully saturated rings. The summed E-state index contributed by atoms with van der Waals surface area (Å²) in [5.74, 6) is 0.0688. The summed E-state index contributed by atoms with van der Waals surface area (Å²) in [6, 6.07) is 4.73. The van der Waals surface area contributed by atoms with E-state index in [1.165, 1.54) is 29.2 Å². The second kappa shape index (κ2) is 11.0. The zero-order valence-corrected chi connectivity index (χ0v) is 18.3. The second-order valence-corrected chi connectivity index (χ2v) is 9.06. The van der Waals surface area contributed by atoms with Crippen LogP contribution in [-0.4, -0.2) is 53.6 Å².